The first-order chi connectivity index (χ1) is 6.24. The Balaban J connectivity index is 3.67. The molecule has 0 saturated carbocycles. The Morgan fingerprint density at radius 2 is 2.38 bits per heavy atom. The molecule has 78 valence electrons. The second-order valence-corrected chi connectivity index (χ2v) is 3.31. The lowest BCUT2D eigenvalue weighted by Gasteiger charge is -2.16. The molecule has 0 aromatic rings. The molecular weight excluding hydrogens is 213 g/mol. The third-order valence-electron chi connectivity index (χ3n) is 1.52. The Labute approximate surface area is 88.7 Å². The minimum Gasteiger partial charge on any atom is -0.396 e. The summed E-state index contributed by atoms with van der Waals surface area (Å²) in [4.78, 5) is 0. The van der Waals surface area contributed by atoms with Gasteiger partial charge in [-0.25, -0.2) is 0 Å². The highest BCUT2D eigenvalue weighted by Crippen LogP contribution is 2.02. The van der Waals surface area contributed by atoms with Crippen LogP contribution in [0.3, 0.4) is 0 Å². The molecule has 0 aliphatic carbocycles. The fourth-order valence-corrected chi connectivity index (χ4v) is 1.04. The maximum Gasteiger partial charge on any atom is 0.0616 e. The normalized spacial score (nSPS) is 14.6. The molecule has 0 aliphatic rings. The molecule has 0 aliphatic heterocycles. The average molecular weight is 228 g/mol. The van der Waals surface area contributed by atoms with E-state index in [-0.39, 0.29) is 12.6 Å². The molecule has 0 aromatic carbocycles. The average Bonchev–Trinajstić information content (AvgIpc) is 2.14. The van der Waals surface area contributed by atoms with E-state index in [4.69, 9.17) is 33.0 Å². The van der Waals surface area contributed by atoms with Crippen molar-refractivity contribution in [3.63, 3.8) is 0 Å². The van der Waals surface area contributed by atoms with Crippen molar-refractivity contribution in [3.05, 3.63) is 10.6 Å². The van der Waals surface area contributed by atoms with Crippen LogP contribution in [0.1, 0.15) is 6.42 Å². The Kier molecular flexibility index (Phi) is 8.92. The smallest absolute Gasteiger partial charge is 0.0616 e. The minimum absolute atomic E-state index is 0.111. The lowest BCUT2D eigenvalue weighted by Crippen LogP contribution is -2.34. The van der Waals surface area contributed by atoms with Crippen LogP contribution < -0.4 is 5.32 Å². The Morgan fingerprint density at radius 3 is 2.85 bits per heavy atom. The Hall–Kier alpha value is 0.200. The highest BCUT2D eigenvalue weighted by atomic mass is 35.5. The van der Waals surface area contributed by atoms with Gasteiger partial charge >= 0.3 is 0 Å². The lowest BCUT2D eigenvalue weighted by atomic mass is 10.2. The van der Waals surface area contributed by atoms with Crippen molar-refractivity contribution in [2.24, 2.45) is 0 Å². The third-order valence-corrected chi connectivity index (χ3v) is 2.14. The topological polar surface area (TPSA) is 41.5 Å². The molecule has 0 radical (unpaired) electrons. The molecule has 1 atom stereocenters. The molecule has 0 heterocycles. The van der Waals surface area contributed by atoms with Crippen molar-refractivity contribution in [1.82, 2.24) is 5.32 Å². The fraction of sp³-hybridized carbons (Fsp3) is 0.750. The fourth-order valence-electron chi connectivity index (χ4n) is 0.882. The quantitative estimate of drug-likeness (QED) is 0.689. The van der Waals surface area contributed by atoms with Crippen LogP contribution in [0.4, 0.5) is 0 Å². The van der Waals surface area contributed by atoms with Gasteiger partial charge in [0, 0.05) is 36.9 Å². The van der Waals surface area contributed by atoms with Crippen molar-refractivity contribution < 1.29 is 9.84 Å². The predicted molar refractivity (Wildman–Crippen MR) is 55.2 cm³/mol. The van der Waals surface area contributed by atoms with Gasteiger partial charge in [0.05, 0.1) is 6.61 Å². The molecule has 3 nitrogen and oxygen atoms in total. The summed E-state index contributed by atoms with van der Waals surface area (Å²) in [6.07, 6.45) is 0.639. The molecule has 5 heteroatoms. The van der Waals surface area contributed by atoms with E-state index in [0.717, 1.165) is 0 Å². The molecule has 0 saturated heterocycles. The molecular formula is C8H15Cl2NO2. The second-order valence-electron chi connectivity index (χ2n) is 2.60. The van der Waals surface area contributed by atoms with Gasteiger partial charge in [0.2, 0.25) is 0 Å². The van der Waals surface area contributed by atoms with E-state index in [1.165, 1.54) is 5.54 Å². The highest BCUT2D eigenvalue weighted by Gasteiger charge is 2.06. The van der Waals surface area contributed by atoms with E-state index in [9.17, 15) is 0 Å². The number of aliphatic hydroxyl groups excluding tert-OH is 1. The monoisotopic (exact) mass is 227 g/mol. The first kappa shape index (κ1) is 13.2. The van der Waals surface area contributed by atoms with Crippen LogP contribution >= 0.6 is 23.2 Å². The van der Waals surface area contributed by atoms with E-state index in [2.05, 4.69) is 5.32 Å². The summed E-state index contributed by atoms with van der Waals surface area (Å²) in [7, 11) is 1.62. The first-order valence-corrected chi connectivity index (χ1v) is 4.84. The number of halogens is 2. The number of ether oxygens (including phenoxy) is 1. The second kappa shape index (κ2) is 8.78. The summed E-state index contributed by atoms with van der Waals surface area (Å²) in [6, 6.07) is 0.111. The van der Waals surface area contributed by atoms with E-state index in [0.29, 0.717) is 24.6 Å². The van der Waals surface area contributed by atoms with Crippen molar-refractivity contribution in [2.75, 3.05) is 26.9 Å². The van der Waals surface area contributed by atoms with Gasteiger partial charge in [0.1, 0.15) is 0 Å². The van der Waals surface area contributed by atoms with Crippen LogP contribution in [-0.4, -0.2) is 38.0 Å². The summed E-state index contributed by atoms with van der Waals surface area (Å²) in [5.41, 5.74) is 1.32. The first-order valence-electron chi connectivity index (χ1n) is 4.02. The summed E-state index contributed by atoms with van der Waals surface area (Å²) in [6.45, 7) is 1.18. The van der Waals surface area contributed by atoms with Crippen LogP contribution in [0.2, 0.25) is 0 Å². The molecule has 1 unspecified atom stereocenters. The summed E-state index contributed by atoms with van der Waals surface area (Å²) in [5, 5.41) is 12.4. The van der Waals surface area contributed by atoms with Crippen molar-refractivity contribution in [3.8, 4) is 0 Å². The molecule has 0 fully saturated rings. The van der Waals surface area contributed by atoms with Crippen molar-refractivity contribution >= 4 is 23.2 Å². The molecule has 0 amide bonds. The van der Waals surface area contributed by atoms with E-state index in [1.54, 1.807) is 7.11 Å². The lowest BCUT2D eigenvalue weighted by molar-refractivity contribution is 0.150. The number of hydrogen-bond donors (Lipinski definition) is 2. The summed E-state index contributed by atoms with van der Waals surface area (Å²) < 4.78 is 4.95. The summed E-state index contributed by atoms with van der Waals surface area (Å²) in [5.74, 6) is 0. The molecule has 13 heavy (non-hydrogen) atoms. The molecule has 2 N–H and O–H groups in total. The molecule has 0 aromatic heterocycles. The standard InChI is InChI=1S/C8H15Cl2NO2/c1-13-6-8(2-3-12)11-5-7(10)4-9/h4,8,11-12H,2-3,5-6H2,1H3. The van der Waals surface area contributed by atoms with E-state index < -0.39 is 0 Å². The van der Waals surface area contributed by atoms with Crippen molar-refractivity contribution in [2.45, 2.75) is 12.5 Å². The highest BCUT2D eigenvalue weighted by molar-refractivity contribution is 6.36. The van der Waals surface area contributed by atoms with Gasteiger partial charge in [-0.15, -0.1) is 0 Å². The maximum atomic E-state index is 8.72. The predicted octanol–water partition coefficient (Wildman–Crippen LogP) is 1.29. The van der Waals surface area contributed by atoms with Crippen LogP contribution in [0.5, 0.6) is 0 Å². The molecule has 0 bridgehead atoms. The third kappa shape index (κ3) is 7.28. The zero-order valence-corrected chi connectivity index (χ0v) is 9.11. The van der Waals surface area contributed by atoms with Gasteiger partial charge in [-0.05, 0) is 6.42 Å². The van der Waals surface area contributed by atoms with Gasteiger partial charge in [-0.2, -0.15) is 0 Å². The van der Waals surface area contributed by atoms with Crippen LogP contribution in [0.25, 0.3) is 0 Å². The number of methoxy groups -OCH3 is 1. The number of aliphatic hydroxyl groups is 1. The molecule has 0 rings (SSSR count). The zero-order chi connectivity index (χ0) is 10.1. The van der Waals surface area contributed by atoms with Gasteiger partial charge in [-0.3, -0.25) is 0 Å². The number of hydrogen-bond acceptors (Lipinski definition) is 3. The number of rotatable bonds is 7. The minimum atomic E-state index is 0.111. The Bertz CT molecular complexity index is 147. The summed E-state index contributed by atoms with van der Waals surface area (Å²) >= 11 is 11.0. The van der Waals surface area contributed by atoms with Gasteiger partial charge in [-0.1, -0.05) is 23.2 Å². The maximum absolute atomic E-state index is 8.72. The van der Waals surface area contributed by atoms with Crippen LogP contribution in [-0.2, 0) is 4.74 Å². The largest absolute Gasteiger partial charge is 0.396 e. The Morgan fingerprint density at radius 1 is 1.69 bits per heavy atom. The SMILES string of the molecule is COCC(CCO)NCC(Cl)=CCl. The van der Waals surface area contributed by atoms with E-state index in [1.807, 2.05) is 0 Å². The van der Waals surface area contributed by atoms with Crippen molar-refractivity contribution in [1.29, 1.82) is 0 Å². The van der Waals surface area contributed by atoms with E-state index >= 15 is 0 Å². The van der Waals surface area contributed by atoms with Gasteiger partial charge < -0.3 is 15.2 Å². The molecule has 0 spiro atoms. The van der Waals surface area contributed by atoms with Gasteiger partial charge in [0.25, 0.3) is 0 Å². The van der Waals surface area contributed by atoms with Crippen LogP contribution in [0, 0.1) is 0 Å². The number of nitrogens with one attached hydrogen (secondary N) is 1. The zero-order valence-electron chi connectivity index (χ0n) is 7.59. The van der Waals surface area contributed by atoms with Crippen LogP contribution in [0.15, 0.2) is 10.6 Å². The van der Waals surface area contributed by atoms with Gasteiger partial charge in [0.15, 0.2) is 0 Å².